The van der Waals surface area contributed by atoms with E-state index in [9.17, 15) is 0 Å². The van der Waals surface area contributed by atoms with Crippen molar-refractivity contribution in [2.75, 3.05) is 25.0 Å². The number of pyridine rings is 1. The Morgan fingerprint density at radius 3 is 2.48 bits per heavy atom. The summed E-state index contributed by atoms with van der Waals surface area (Å²) in [5.74, 6) is 1.15. The summed E-state index contributed by atoms with van der Waals surface area (Å²) < 4.78 is 2.21. The van der Waals surface area contributed by atoms with Gasteiger partial charge in [0.25, 0.3) is 0 Å². The summed E-state index contributed by atoms with van der Waals surface area (Å²) in [6.07, 6.45) is 6.98. The average Bonchev–Trinajstić information content (AvgIpc) is 2.87. The quantitative estimate of drug-likeness (QED) is 0.767. The second-order valence-corrected chi connectivity index (χ2v) is 5.54. The Hall–Kier alpha value is -1.55. The second kappa shape index (κ2) is 8.03. The maximum Gasteiger partial charge on any atom is 0.152 e. The average molecular weight is 288 g/mol. The maximum atomic E-state index is 4.89. The number of hydrogen-bond acceptors (Lipinski definition) is 3. The molecule has 4 heteroatoms. The Labute approximate surface area is 128 Å². The molecular weight excluding hydrogens is 260 g/mol. The van der Waals surface area contributed by atoms with Crippen LogP contribution >= 0.6 is 0 Å². The molecular formula is C17H28N4. The highest BCUT2D eigenvalue weighted by molar-refractivity contribution is 5.56. The molecule has 2 aromatic rings. The molecule has 21 heavy (non-hydrogen) atoms. The van der Waals surface area contributed by atoms with Crippen molar-refractivity contribution in [3.05, 3.63) is 30.1 Å². The topological polar surface area (TPSA) is 32.6 Å². The predicted molar refractivity (Wildman–Crippen MR) is 90.0 cm³/mol. The van der Waals surface area contributed by atoms with Crippen molar-refractivity contribution >= 4 is 11.5 Å². The molecule has 1 N–H and O–H groups in total. The first-order valence-electron chi connectivity index (χ1n) is 8.17. The molecule has 4 nitrogen and oxygen atoms in total. The van der Waals surface area contributed by atoms with Crippen molar-refractivity contribution in [3.63, 3.8) is 0 Å². The minimum atomic E-state index is 0.843. The van der Waals surface area contributed by atoms with Crippen molar-refractivity contribution in [1.29, 1.82) is 0 Å². The highest BCUT2D eigenvalue weighted by atomic mass is 15.2. The molecule has 2 heterocycles. The number of nitrogens with zero attached hydrogens (tertiary/aromatic N) is 3. The van der Waals surface area contributed by atoms with E-state index < -0.39 is 0 Å². The van der Waals surface area contributed by atoms with Crippen molar-refractivity contribution in [1.82, 2.24) is 14.7 Å². The summed E-state index contributed by atoms with van der Waals surface area (Å²) in [7, 11) is 1.99. The van der Waals surface area contributed by atoms with E-state index in [2.05, 4.69) is 52.9 Å². The molecule has 2 aromatic heterocycles. The third-order valence-electron chi connectivity index (χ3n) is 3.81. The molecule has 0 aliphatic carbocycles. The van der Waals surface area contributed by atoms with Gasteiger partial charge in [0.05, 0.1) is 5.69 Å². The molecule has 0 spiro atoms. The van der Waals surface area contributed by atoms with Gasteiger partial charge in [0.1, 0.15) is 5.65 Å². The van der Waals surface area contributed by atoms with E-state index in [0.717, 1.165) is 31.1 Å². The van der Waals surface area contributed by atoms with Crippen LogP contribution in [-0.2, 0) is 6.54 Å². The van der Waals surface area contributed by atoms with Crippen LogP contribution in [0.15, 0.2) is 24.4 Å². The summed E-state index contributed by atoms with van der Waals surface area (Å²) in [5.41, 5.74) is 2.30. The summed E-state index contributed by atoms with van der Waals surface area (Å²) in [5, 5.41) is 3.28. The lowest BCUT2D eigenvalue weighted by Gasteiger charge is -2.23. The number of imidazole rings is 1. The Balaban J connectivity index is 2.36. The Morgan fingerprint density at radius 1 is 1.14 bits per heavy atom. The van der Waals surface area contributed by atoms with Gasteiger partial charge in [0.15, 0.2) is 5.82 Å². The van der Waals surface area contributed by atoms with Crippen LogP contribution in [0.1, 0.15) is 45.2 Å². The van der Waals surface area contributed by atoms with Gasteiger partial charge in [-0.25, -0.2) is 4.98 Å². The summed E-state index contributed by atoms with van der Waals surface area (Å²) in [4.78, 5) is 7.35. The maximum absolute atomic E-state index is 4.89. The van der Waals surface area contributed by atoms with Crippen LogP contribution in [0.5, 0.6) is 0 Å². The summed E-state index contributed by atoms with van der Waals surface area (Å²) in [6.45, 7) is 7.52. The largest absolute Gasteiger partial charge is 0.355 e. The number of aromatic nitrogens is 2. The van der Waals surface area contributed by atoms with Crippen LogP contribution in [-0.4, -0.2) is 29.5 Å². The second-order valence-electron chi connectivity index (χ2n) is 5.54. The molecule has 116 valence electrons. The minimum absolute atomic E-state index is 0.843. The van der Waals surface area contributed by atoms with Crippen molar-refractivity contribution in [2.45, 2.75) is 46.1 Å². The Bertz CT molecular complexity index is 539. The van der Waals surface area contributed by atoms with Gasteiger partial charge in [-0.2, -0.15) is 0 Å². The zero-order valence-corrected chi connectivity index (χ0v) is 13.6. The molecule has 0 aliphatic heterocycles. The fraction of sp³-hybridized carbons (Fsp3) is 0.588. The van der Waals surface area contributed by atoms with E-state index in [4.69, 9.17) is 4.98 Å². The fourth-order valence-corrected chi connectivity index (χ4v) is 2.64. The standard InChI is InChI=1S/C17H28N4/c1-4-6-11-20(12-7-5-2)17-15(14-18-3)21-13-9-8-10-16(21)19-17/h8-10,13,18H,4-7,11-12,14H2,1-3H3. The van der Waals surface area contributed by atoms with Crippen LogP contribution in [0, 0.1) is 0 Å². The lowest BCUT2D eigenvalue weighted by atomic mass is 10.2. The number of unbranched alkanes of at least 4 members (excludes halogenated alkanes) is 2. The van der Waals surface area contributed by atoms with Gasteiger partial charge in [0.2, 0.25) is 0 Å². The number of nitrogens with one attached hydrogen (secondary N) is 1. The van der Waals surface area contributed by atoms with Crippen LogP contribution in [0.2, 0.25) is 0 Å². The van der Waals surface area contributed by atoms with Crippen LogP contribution in [0.4, 0.5) is 5.82 Å². The van der Waals surface area contributed by atoms with Crippen molar-refractivity contribution in [3.8, 4) is 0 Å². The highest BCUT2D eigenvalue weighted by Crippen LogP contribution is 2.22. The number of rotatable bonds is 9. The molecule has 0 saturated heterocycles. The van der Waals surface area contributed by atoms with E-state index in [1.807, 2.05) is 7.05 Å². The summed E-state index contributed by atoms with van der Waals surface area (Å²) in [6, 6.07) is 6.21. The molecule has 0 aliphatic rings. The molecule has 0 aromatic carbocycles. The third kappa shape index (κ3) is 3.76. The zero-order chi connectivity index (χ0) is 15.1. The van der Waals surface area contributed by atoms with Crippen LogP contribution in [0.3, 0.4) is 0 Å². The molecule has 0 amide bonds. The third-order valence-corrected chi connectivity index (χ3v) is 3.81. The van der Waals surface area contributed by atoms with Gasteiger partial charge in [-0.3, -0.25) is 0 Å². The fourth-order valence-electron chi connectivity index (χ4n) is 2.64. The van der Waals surface area contributed by atoms with E-state index in [1.165, 1.54) is 31.4 Å². The number of hydrogen-bond donors (Lipinski definition) is 1. The van der Waals surface area contributed by atoms with Crippen molar-refractivity contribution < 1.29 is 0 Å². The van der Waals surface area contributed by atoms with E-state index >= 15 is 0 Å². The van der Waals surface area contributed by atoms with Gasteiger partial charge in [-0.15, -0.1) is 0 Å². The molecule has 0 fully saturated rings. The zero-order valence-electron chi connectivity index (χ0n) is 13.6. The van der Waals surface area contributed by atoms with Crippen LogP contribution < -0.4 is 10.2 Å². The number of anilines is 1. The number of fused-ring (bicyclic) bond motifs is 1. The molecule has 0 saturated carbocycles. The Morgan fingerprint density at radius 2 is 1.86 bits per heavy atom. The predicted octanol–water partition coefficient (Wildman–Crippen LogP) is 3.46. The minimum Gasteiger partial charge on any atom is -0.355 e. The monoisotopic (exact) mass is 288 g/mol. The lowest BCUT2D eigenvalue weighted by molar-refractivity contribution is 0.665. The first-order chi connectivity index (χ1) is 10.3. The van der Waals surface area contributed by atoms with Crippen molar-refractivity contribution in [2.24, 2.45) is 0 Å². The van der Waals surface area contributed by atoms with Gasteiger partial charge < -0.3 is 14.6 Å². The van der Waals surface area contributed by atoms with Gasteiger partial charge in [-0.05, 0) is 32.0 Å². The molecule has 0 bridgehead atoms. The van der Waals surface area contributed by atoms with Gasteiger partial charge >= 0.3 is 0 Å². The summed E-state index contributed by atoms with van der Waals surface area (Å²) >= 11 is 0. The van der Waals surface area contributed by atoms with Gasteiger partial charge in [-0.1, -0.05) is 32.8 Å². The first kappa shape index (κ1) is 15.8. The Kier molecular flexibility index (Phi) is 6.05. The molecule has 0 atom stereocenters. The molecule has 0 radical (unpaired) electrons. The molecule has 2 rings (SSSR count). The van der Waals surface area contributed by atoms with Gasteiger partial charge in [0, 0.05) is 25.8 Å². The smallest absolute Gasteiger partial charge is 0.152 e. The van der Waals surface area contributed by atoms with E-state index in [1.54, 1.807) is 0 Å². The van der Waals surface area contributed by atoms with E-state index in [0.29, 0.717) is 0 Å². The first-order valence-corrected chi connectivity index (χ1v) is 8.17. The SMILES string of the molecule is CCCCN(CCCC)c1nc2ccccn2c1CNC. The highest BCUT2D eigenvalue weighted by Gasteiger charge is 2.17. The van der Waals surface area contributed by atoms with E-state index in [-0.39, 0.29) is 0 Å². The normalized spacial score (nSPS) is 11.2. The molecule has 0 unspecified atom stereocenters. The lowest BCUT2D eigenvalue weighted by Crippen LogP contribution is -2.27. The van der Waals surface area contributed by atoms with Crippen LogP contribution in [0.25, 0.3) is 5.65 Å².